The largest absolute Gasteiger partial charge is 0.327 e. The first-order chi connectivity index (χ1) is 6.66. The number of allylic oxidation sites excluding steroid dienone is 1. The molecule has 0 atom stereocenters. The van der Waals surface area contributed by atoms with Crippen molar-refractivity contribution < 1.29 is 0 Å². The number of nitrogens with two attached hydrogens (primary N) is 1. The van der Waals surface area contributed by atoms with Crippen LogP contribution in [0.25, 0.3) is 0 Å². The molecule has 0 aliphatic rings. The maximum atomic E-state index is 11.3. The molecular formula is C9H13N3O2. The van der Waals surface area contributed by atoms with E-state index < -0.39 is 11.1 Å². The second kappa shape index (κ2) is 4.57. The minimum absolute atomic E-state index is 0.381. The van der Waals surface area contributed by atoms with E-state index in [0.717, 1.165) is 0 Å². The molecule has 0 bridgehead atoms. The molecule has 0 aromatic carbocycles. The summed E-state index contributed by atoms with van der Waals surface area (Å²) in [5, 5.41) is 0. The average Bonchev–Trinajstić information content (AvgIpc) is 2.18. The molecule has 1 heterocycles. The van der Waals surface area contributed by atoms with E-state index in [2.05, 4.69) is 0 Å². The molecule has 14 heavy (non-hydrogen) atoms. The van der Waals surface area contributed by atoms with E-state index in [0.29, 0.717) is 13.1 Å². The Morgan fingerprint density at radius 2 is 2.00 bits per heavy atom. The standard InChI is InChI=1S/C9H13N3O2/c1-11-6-7-12(5-3-2-4-10)9(14)8(11)13/h2-3,6-7H,4-5,10H2,1H3/b3-2+. The summed E-state index contributed by atoms with van der Waals surface area (Å²) in [4.78, 5) is 22.6. The Morgan fingerprint density at radius 3 is 2.64 bits per heavy atom. The lowest BCUT2D eigenvalue weighted by molar-refractivity contribution is 0.705. The van der Waals surface area contributed by atoms with Crippen LogP contribution in [0.5, 0.6) is 0 Å². The maximum Gasteiger partial charge on any atom is 0.316 e. The highest BCUT2D eigenvalue weighted by atomic mass is 16.2. The van der Waals surface area contributed by atoms with Crippen LogP contribution in [0.2, 0.25) is 0 Å². The third kappa shape index (κ3) is 2.20. The highest BCUT2D eigenvalue weighted by Gasteiger charge is 1.99. The summed E-state index contributed by atoms with van der Waals surface area (Å²) >= 11 is 0. The van der Waals surface area contributed by atoms with Crippen LogP contribution in [-0.4, -0.2) is 15.7 Å². The van der Waals surface area contributed by atoms with Crippen LogP contribution < -0.4 is 16.9 Å². The van der Waals surface area contributed by atoms with Crippen LogP contribution >= 0.6 is 0 Å². The fourth-order valence-electron chi connectivity index (χ4n) is 1.02. The number of hydrogen-bond acceptors (Lipinski definition) is 3. The third-order valence-electron chi connectivity index (χ3n) is 1.84. The van der Waals surface area contributed by atoms with Crippen molar-refractivity contribution >= 4 is 0 Å². The van der Waals surface area contributed by atoms with E-state index in [4.69, 9.17) is 5.73 Å². The highest BCUT2D eigenvalue weighted by molar-refractivity contribution is 4.89. The van der Waals surface area contributed by atoms with Gasteiger partial charge >= 0.3 is 11.1 Å². The number of aryl methyl sites for hydroxylation is 1. The van der Waals surface area contributed by atoms with Gasteiger partial charge in [0, 0.05) is 32.5 Å². The fraction of sp³-hybridized carbons (Fsp3) is 0.333. The molecule has 0 spiro atoms. The molecule has 0 aliphatic carbocycles. The summed E-state index contributed by atoms with van der Waals surface area (Å²) < 4.78 is 2.60. The van der Waals surface area contributed by atoms with E-state index >= 15 is 0 Å². The zero-order chi connectivity index (χ0) is 10.6. The average molecular weight is 195 g/mol. The molecule has 1 aromatic heterocycles. The summed E-state index contributed by atoms with van der Waals surface area (Å²) in [5.41, 5.74) is 4.21. The monoisotopic (exact) mass is 195 g/mol. The summed E-state index contributed by atoms with van der Waals surface area (Å²) in [6, 6.07) is 0. The molecule has 1 aromatic rings. The van der Waals surface area contributed by atoms with E-state index in [1.165, 1.54) is 9.13 Å². The summed E-state index contributed by atoms with van der Waals surface area (Å²) in [5.74, 6) is 0. The van der Waals surface area contributed by atoms with E-state index in [1.54, 1.807) is 31.6 Å². The van der Waals surface area contributed by atoms with E-state index in [1.807, 2.05) is 0 Å². The summed E-state index contributed by atoms with van der Waals surface area (Å²) in [6.45, 7) is 0.811. The van der Waals surface area contributed by atoms with Crippen molar-refractivity contribution in [3.8, 4) is 0 Å². The van der Waals surface area contributed by atoms with Crippen LogP contribution in [0, 0.1) is 0 Å². The fourth-order valence-corrected chi connectivity index (χ4v) is 1.02. The lowest BCUT2D eigenvalue weighted by Crippen LogP contribution is -2.39. The SMILES string of the molecule is Cn1ccn(C/C=C/CN)c(=O)c1=O. The van der Waals surface area contributed by atoms with Gasteiger partial charge in [-0.15, -0.1) is 0 Å². The molecule has 5 heteroatoms. The predicted molar refractivity (Wildman–Crippen MR) is 54.1 cm³/mol. The second-order valence-corrected chi connectivity index (χ2v) is 2.88. The second-order valence-electron chi connectivity index (χ2n) is 2.88. The number of hydrogen-bond donors (Lipinski definition) is 1. The normalized spacial score (nSPS) is 11.0. The van der Waals surface area contributed by atoms with Gasteiger partial charge in [0.15, 0.2) is 0 Å². The quantitative estimate of drug-likeness (QED) is 0.500. The van der Waals surface area contributed by atoms with E-state index in [9.17, 15) is 9.59 Å². The van der Waals surface area contributed by atoms with Gasteiger partial charge in [0.05, 0.1) is 0 Å². The van der Waals surface area contributed by atoms with Crippen molar-refractivity contribution in [3.63, 3.8) is 0 Å². The van der Waals surface area contributed by atoms with Crippen LogP contribution in [0.4, 0.5) is 0 Å². The van der Waals surface area contributed by atoms with Crippen LogP contribution in [0.3, 0.4) is 0 Å². The zero-order valence-electron chi connectivity index (χ0n) is 8.01. The zero-order valence-corrected chi connectivity index (χ0v) is 8.01. The predicted octanol–water partition coefficient (Wildman–Crippen LogP) is -0.938. The van der Waals surface area contributed by atoms with Gasteiger partial charge in [0.25, 0.3) is 0 Å². The molecule has 0 amide bonds. The lowest BCUT2D eigenvalue weighted by Gasteiger charge is -2.01. The topological polar surface area (TPSA) is 70.0 Å². The van der Waals surface area contributed by atoms with Gasteiger partial charge < -0.3 is 14.9 Å². The van der Waals surface area contributed by atoms with Gasteiger partial charge in [-0.05, 0) is 0 Å². The van der Waals surface area contributed by atoms with Crippen molar-refractivity contribution in [1.29, 1.82) is 0 Å². The molecule has 0 unspecified atom stereocenters. The Bertz CT molecular complexity index is 442. The highest BCUT2D eigenvalue weighted by Crippen LogP contribution is 1.80. The van der Waals surface area contributed by atoms with Gasteiger partial charge in [-0.3, -0.25) is 9.59 Å². The van der Waals surface area contributed by atoms with Crippen molar-refractivity contribution in [2.45, 2.75) is 6.54 Å². The maximum absolute atomic E-state index is 11.3. The molecule has 1 rings (SSSR count). The first kappa shape index (κ1) is 10.5. The summed E-state index contributed by atoms with van der Waals surface area (Å²) in [6.07, 6.45) is 6.62. The van der Waals surface area contributed by atoms with Crippen LogP contribution in [0.1, 0.15) is 0 Å². The smallest absolute Gasteiger partial charge is 0.316 e. The molecule has 0 fully saturated rings. The van der Waals surface area contributed by atoms with Crippen LogP contribution in [0.15, 0.2) is 34.1 Å². The Morgan fingerprint density at radius 1 is 1.29 bits per heavy atom. The van der Waals surface area contributed by atoms with E-state index in [-0.39, 0.29) is 0 Å². The molecule has 0 saturated heterocycles. The molecular weight excluding hydrogens is 182 g/mol. The Balaban J connectivity index is 3.01. The first-order valence-corrected chi connectivity index (χ1v) is 4.28. The Labute approximate surface area is 81.1 Å². The molecule has 2 N–H and O–H groups in total. The van der Waals surface area contributed by atoms with Crippen LogP contribution in [-0.2, 0) is 13.6 Å². The lowest BCUT2D eigenvalue weighted by atomic mass is 10.4. The first-order valence-electron chi connectivity index (χ1n) is 4.28. The molecule has 76 valence electrons. The minimum atomic E-state index is -0.520. The molecule has 0 saturated carbocycles. The van der Waals surface area contributed by atoms with Gasteiger partial charge in [-0.2, -0.15) is 0 Å². The Kier molecular flexibility index (Phi) is 3.41. The summed E-state index contributed by atoms with van der Waals surface area (Å²) in [7, 11) is 1.55. The molecule has 5 nitrogen and oxygen atoms in total. The van der Waals surface area contributed by atoms with Gasteiger partial charge in [0.2, 0.25) is 0 Å². The van der Waals surface area contributed by atoms with Gasteiger partial charge in [-0.1, -0.05) is 12.2 Å². The Hall–Kier alpha value is -1.62. The van der Waals surface area contributed by atoms with Crippen molar-refractivity contribution in [3.05, 3.63) is 45.3 Å². The number of nitrogens with zero attached hydrogens (tertiary/aromatic N) is 2. The van der Waals surface area contributed by atoms with Crippen molar-refractivity contribution in [2.24, 2.45) is 12.8 Å². The minimum Gasteiger partial charge on any atom is -0.327 e. The van der Waals surface area contributed by atoms with Gasteiger partial charge in [0.1, 0.15) is 0 Å². The third-order valence-corrected chi connectivity index (χ3v) is 1.84. The number of rotatable bonds is 3. The molecule has 0 aliphatic heterocycles. The molecule has 0 radical (unpaired) electrons. The number of aromatic nitrogens is 2. The van der Waals surface area contributed by atoms with Crippen molar-refractivity contribution in [1.82, 2.24) is 9.13 Å². The van der Waals surface area contributed by atoms with Crippen molar-refractivity contribution in [2.75, 3.05) is 6.54 Å². The van der Waals surface area contributed by atoms with Gasteiger partial charge in [-0.25, -0.2) is 0 Å².